The van der Waals surface area contributed by atoms with Crippen LogP contribution in [-0.2, 0) is 19.0 Å². The van der Waals surface area contributed by atoms with Crippen molar-refractivity contribution in [1.29, 1.82) is 0 Å². The Hall–Kier alpha value is -1.40. The van der Waals surface area contributed by atoms with Crippen molar-refractivity contribution in [2.45, 2.75) is 77.3 Å². The second kappa shape index (κ2) is 6.80. The molecule has 5 unspecified atom stereocenters. The van der Waals surface area contributed by atoms with Crippen molar-refractivity contribution in [1.82, 2.24) is 0 Å². The van der Waals surface area contributed by atoms with Crippen molar-refractivity contribution in [2.75, 3.05) is 7.11 Å². The first kappa shape index (κ1) is 20.5. The van der Waals surface area contributed by atoms with Gasteiger partial charge >= 0.3 is 6.16 Å². The van der Waals surface area contributed by atoms with Crippen LogP contribution in [0.4, 0.5) is 4.79 Å². The summed E-state index contributed by atoms with van der Waals surface area (Å²) in [5, 5.41) is 10.5. The van der Waals surface area contributed by atoms with E-state index in [4.69, 9.17) is 14.2 Å². The lowest BCUT2D eigenvalue weighted by molar-refractivity contribution is -0.119. The van der Waals surface area contributed by atoms with Crippen LogP contribution in [0.15, 0.2) is 11.6 Å². The molecule has 1 N–H and O–H groups in total. The Morgan fingerprint density at radius 2 is 2.07 bits per heavy atom. The molecule has 3 saturated carbocycles. The Balaban J connectivity index is 1.56. The minimum absolute atomic E-state index is 0.0442. The average Bonchev–Trinajstić information content (AvgIpc) is 3.47. The van der Waals surface area contributed by atoms with E-state index in [-0.39, 0.29) is 41.0 Å². The van der Waals surface area contributed by atoms with Gasteiger partial charge in [0, 0.05) is 17.3 Å². The Kier molecular flexibility index (Phi) is 4.64. The number of ether oxygens (including phenoxy) is 3. The van der Waals surface area contributed by atoms with Gasteiger partial charge in [-0.05, 0) is 61.3 Å². The number of aldehydes is 1. The van der Waals surface area contributed by atoms with Gasteiger partial charge in [-0.2, -0.15) is 0 Å². The number of aliphatic hydroxyl groups is 1. The molecule has 5 rings (SSSR count). The number of fused-ring (bicyclic) bond motifs is 7. The average molecular weight is 419 g/mol. The zero-order chi connectivity index (χ0) is 21.4. The van der Waals surface area contributed by atoms with E-state index < -0.39 is 12.3 Å². The maximum atomic E-state index is 12.1. The van der Waals surface area contributed by atoms with Crippen molar-refractivity contribution in [3.05, 3.63) is 11.6 Å². The van der Waals surface area contributed by atoms with Crippen LogP contribution in [0.3, 0.4) is 0 Å². The van der Waals surface area contributed by atoms with Gasteiger partial charge in [-0.1, -0.05) is 26.3 Å². The zero-order valence-corrected chi connectivity index (χ0v) is 18.4. The van der Waals surface area contributed by atoms with Crippen molar-refractivity contribution in [3.63, 3.8) is 0 Å². The Bertz CT molecular complexity index is 778. The lowest BCUT2D eigenvalue weighted by Crippen LogP contribution is -2.57. The minimum Gasteiger partial charge on any atom is -0.438 e. The molecule has 0 bridgehead atoms. The third-order valence-corrected chi connectivity index (χ3v) is 9.79. The summed E-state index contributed by atoms with van der Waals surface area (Å²) in [6, 6.07) is 0. The van der Waals surface area contributed by atoms with Crippen molar-refractivity contribution in [2.24, 2.45) is 40.4 Å². The molecule has 1 heterocycles. The third-order valence-electron chi connectivity index (χ3n) is 9.79. The van der Waals surface area contributed by atoms with Crippen LogP contribution in [0.2, 0.25) is 0 Å². The zero-order valence-electron chi connectivity index (χ0n) is 18.4. The molecule has 5 aliphatic rings. The predicted molar refractivity (Wildman–Crippen MR) is 109 cm³/mol. The summed E-state index contributed by atoms with van der Waals surface area (Å²) in [5.41, 5.74) is 1.11. The first-order chi connectivity index (χ1) is 14.3. The van der Waals surface area contributed by atoms with E-state index in [0.717, 1.165) is 32.0 Å². The summed E-state index contributed by atoms with van der Waals surface area (Å²) >= 11 is 0. The van der Waals surface area contributed by atoms with Gasteiger partial charge in [0.25, 0.3) is 0 Å². The molecule has 0 aromatic carbocycles. The Labute approximate surface area is 178 Å². The molecule has 30 heavy (non-hydrogen) atoms. The minimum atomic E-state index is -0.654. The second-order valence-electron chi connectivity index (χ2n) is 10.8. The van der Waals surface area contributed by atoms with Crippen LogP contribution in [0.25, 0.3) is 0 Å². The number of carbonyl (C=O) groups is 2. The maximum absolute atomic E-state index is 12.1. The molecule has 0 radical (unpaired) electrons. The van der Waals surface area contributed by atoms with E-state index in [1.165, 1.54) is 12.7 Å². The summed E-state index contributed by atoms with van der Waals surface area (Å²) < 4.78 is 16.7. The lowest BCUT2D eigenvalue weighted by Gasteiger charge is -2.58. The molecule has 11 atom stereocenters. The van der Waals surface area contributed by atoms with E-state index in [1.807, 2.05) is 6.92 Å². The molecule has 0 spiro atoms. The highest BCUT2D eigenvalue weighted by Gasteiger charge is 2.69. The highest BCUT2D eigenvalue weighted by atomic mass is 16.7. The summed E-state index contributed by atoms with van der Waals surface area (Å²) in [6.07, 6.45) is 6.48. The van der Waals surface area contributed by atoms with Gasteiger partial charge in [0.15, 0.2) is 0 Å². The van der Waals surface area contributed by atoms with E-state index in [1.54, 1.807) is 0 Å². The smallest absolute Gasteiger partial charge is 0.438 e. The van der Waals surface area contributed by atoms with Crippen molar-refractivity contribution >= 4 is 12.4 Å². The molecule has 6 heteroatoms. The fourth-order valence-electron chi connectivity index (χ4n) is 8.27. The molecule has 0 amide bonds. The van der Waals surface area contributed by atoms with Crippen LogP contribution >= 0.6 is 0 Å². The van der Waals surface area contributed by atoms with Gasteiger partial charge < -0.3 is 24.1 Å². The van der Waals surface area contributed by atoms with Gasteiger partial charge in [-0.3, -0.25) is 0 Å². The molecule has 4 fully saturated rings. The molecule has 6 nitrogen and oxygen atoms in total. The number of rotatable bonds is 3. The number of methoxy groups -OCH3 is 1. The van der Waals surface area contributed by atoms with Crippen molar-refractivity contribution in [3.8, 4) is 0 Å². The fourth-order valence-corrected chi connectivity index (χ4v) is 8.27. The third kappa shape index (κ3) is 2.62. The van der Waals surface area contributed by atoms with Crippen LogP contribution in [0, 0.1) is 40.4 Å². The van der Waals surface area contributed by atoms with E-state index in [2.05, 4.69) is 19.9 Å². The fraction of sp³-hybridized carbons (Fsp3) is 0.833. The molecule has 4 aliphatic carbocycles. The van der Waals surface area contributed by atoms with Crippen LogP contribution in [-0.4, -0.2) is 49.1 Å². The second-order valence-corrected chi connectivity index (χ2v) is 10.8. The van der Waals surface area contributed by atoms with Crippen LogP contribution < -0.4 is 0 Å². The van der Waals surface area contributed by atoms with Crippen LogP contribution in [0.5, 0.6) is 0 Å². The van der Waals surface area contributed by atoms with Gasteiger partial charge in [0.05, 0.1) is 19.3 Å². The number of carbonyl (C=O) groups excluding carboxylic acids is 2. The number of hydrogen-bond acceptors (Lipinski definition) is 6. The number of epoxide rings is 1. The largest absolute Gasteiger partial charge is 0.508 e. The monoisotopic (exact) mass is 418 g/mol. The van der Waals surface area contributed by atoms with Gasteiger partial charge in [-0.15, -0.1) is 0 Å². The Morgan fingerprint density at radius 3 is 2.77 bits per heavy atom. The first-order valence-corrected chi connectivity index (χ1v) is 11.5. The molecule has 0 aromatic rings. The van der Waals surface area contributed by atoms with Crippen molar-refractivity contribution < 1.29 is 28.9 Å². The summed E-state index contributed by atoms with van der Waals surface area (Å²) in [4.78, 5) is 23.8. The summed E-state index contributed by atoms with van der Waals surface area (Å²) in [6.45, 7) is 6.69. The van der Waals surface area contributed by atoms with Gasteiger partial charge in [0.1, 0.15) is 18.5 Å². The first-order valence-electron chi connectivity index (χ1n) is 11.5. The molecule has 0 aromatic heterocycles. The maximum Gasteiger partial charge on any atom is 0.508 e. The van der Waals surface area contributed by atoms with Gasteiger partial charge in [-0.25, -0.2) is 4.79 Å². The summed E-state index contributed by atoms with van der Waals surface area (Å²) in [5.74, 6) is 1.31. The molecular weight excluding hydrogens is 384 g/mol. The highest BCUT2D eigenvalue weighted by molar-refractivity contribution is 5.60. The van der Waals surface area contributed by atoms with E-state index in [0.29, 0.717) is 24.2 Å². The highest BCUT2D eigenvalue weighted by Crippen LogP contribution is 2.69. The number of aliphatic hydroxyl groups excluding tert-OH is 1. The normalized spacial score (nSPS) is 52.0. The van der Waals surface area contributed by atoms with Gasteiger partial charge in [0.2, 0.25) is 0 Å². The quantitative estimate of drug-likeness (QED) is 0.327. The summed E-state index contributed by atoms with van der Waals surface area (Å²) in [7, 11) is 1.34. The Morgan fingerprint density at radius 1 is 1.30 bits per heavy atom. The predicted octanol–water partition coefficient (Wildman–Crippen LogP) is 3.51. The molecule has 166 valence electrons. The SMILES string of the molecule is COC(=O)OC1C=C2CC(O)C3OC3[C@]2(C)[C@H]2CC[C@]3(C)[C@@H](C(C)C=O)CC[C@H]3[C@H]12. The number of hydrogen-bond donors (Lipinski definition) is 1. The van der Waals surface area contributed by atoms with E-state index in [9.17, 15) is 14.7 Å². The van der Waals surface area contributed by atoms with Crippen LogP contribution in [0.1, 0.15) is 52.9 Å². The lowest BCUT2D eigenvalue weighted by atomic mass is 9.46. The standard InChI is InChI=1S/C24H34O6/c1-12(11-25)14-5-6-15-19-16(7-8-23(14,15)2)24(3)13(9-17(26)20-21(24)30-20)10-18(19)29-22(27)28-4/h10-12,14-21,26H,5-9H2,1-4H3/t12?,14-,15+,16+,17?,18?,19+,20?,21?,23-,24+/m1/s1. The molecule has 1 aliphatic heterocycles. The van der Waals surface area contributed by atoms with E-state index >= 15 is 0 Å². The molecule has 1 saturated heterocycles. The topological polar surface area (TPSA) is 85.4 Å². The molecular formula is C24H34O6.